The van der Waals surface area contributed by atoms with Crippen molar-refractivity contribution in [3.8, 4) is 5.69 Å². The van der Waals surface area contributed by atoms with Gasteiger partial charge in [0, 0.05) is 31.2 Å². The number of hydrogen-bond donors (Lipinski definition) is 1. The van der Waals surface area contributed by atoms with E-state index < -0.39 is 0 Å². The lowest BCUT2D eigenvalue weighted by molar-refractivity contribution is 0.604. The van der Waals surface area contributed by atoms with E-state index >= 15 is 0 Å². The standard InChI is InChI=1S/C18H23N5/c1-13(2)22-10-8-19-18(22)20-12-16-5-6-17(11-14(16)3)23-9-7-15(4)21-23/h5-11,13H,12H2,1-4H3,(H,19,20). The molecule has 0 aliphatic carbocycles. The Kier molecular flexibility index (Phi) is 4.19. The molecular weight excluding hydrogens is 286 g/mol. The summed E-state index contributed by atoms with van der Waals surface area (Å²) < 4.78 is 4.04. The van der Waals surface area contributed by atoms with Crippen LogP contribution in [-0.4, -0.2) is 19.3 Å². The molecule has 0 aliphatic heterocycles. The van der Waals surface area contributed by atoms with Crippen LogP contribution < -0.4 is 5.32 Å². The number of aromatic nitrogens is 4. The van der Waals surface area contributed by atoms with E-state index in [2.05, 4.69) is 58.9 Å². The molecule has 23 heavy (non-hydrogen) atoms. The Morgan fingerprint density at radius 2 is 1.96 bits per heavy atom. The summed E-state index contributed by atoms with van der Waals surface area (Å²) in [5.74, 6) is 0.908. The number of imidazole rings is 1. The molecule has 5 nitrogen and oxygen atoms in total. The Morgan fingerprint density at radius 1 is 1.13 bits per heavy atom. The van der Waals surface area contributed by atoms with Gasteiger partial charge in [0.2, 0.25) is 5.95 Å². The highest BCUT2D eigenvalue weighted by molar-refractivity contribution is 5.41. The fourth-order valence-corrected chi connectivity index (χ4v) is 2.62. The molecular formula is C18H23N5. The molecule has 0 bridgehead atoms. The SMILES string of the molecule is Cc1ccn(-c2ccc(CNc3nccn3C(C)C)c(C)c2)n1. The maximum absolute atomic E-state index is 4.46. The van der Waals surface area contributed by atoms with Crippen LogP contribution in [0.2, 0.25) is 0 Å². The maximum atomic E-state index is 4.46. The van der Waals surface area contributed by atoms with Crippen molar-refractivity contribution in [2.45, 2.75) is 40.3 Å². The number of aryl methyl sites for hydroxylation is 2. The van der Waals surface area contributed by atoms with Crippen LogP contribution in [0.25, 0.3) is 5.69 Å². The van der Waals surface area contributed by atoms with Crippen LogP contribution in [-0.2, 0) is 6.54 Å². The van der Waals surface area contributed by atoms with Gasteiger partial charge in [0.15, 0.2) is 0 Å². The van der Waals surface area contributed by atoms with Gasteiger partial charge in [-0.1, -0.05) is 6.07 Å². The van der Waals surface area contributed by atoms with Crippen molar-refractivity contribution in [2.75, 3.05) is 5.32 Å². The smallest absolute Gasteiger partial charge is 0.203 e. The number of hydrogen-bond acceptors (Lipinski definition) is 3. The van der Waals surface area contributed by atoms with Crippen LogP contribution >= 0.6 is 0 Å². The molecule has 120 valence electrons. The van der Waals surface area contributed by atoms with Crippen molar-refractivity contribution >= 4 is 5.95 Å². The summed E-state index contributed by atoms with van der Waals surface area (Å²) in [5, 5.41) is 7.88. The Bertz CT molecular complexity index is 797. The number of nitrogens with one attached hydrogen (secondary N) is 1. The molecule has 2 aromatic heterocycles. The summed E-state index contributed by atoms with van der Waals surface area (Å²) in [5.41, 5.74) is 4.61. The first-order valence-electron chi connectivity index (χ1n) is 7.93. The third-order valence-electron chi connectivity index (χ3n) is 3.98. The largest absolute Gasteiger partial charge is 0.352 e. The van der Waals surface area contributed by atoms with E-state index in [1.54, 1.807) is 0 Å². The molecule has 0 aliphatic rings. The molecule has 5 heteroatoms. The molecule has 1 N–H and O–H groups in total. The first kappa shape index (κ1) is 15.3. The average molecular weight is 309 g/mol. The maximum Gasteiger partial charge on any atom is 0.203 e. The van der Waals surface area contributed by atoms with Gasteiger partial charge in [0.1, 0.15) is 0 Å². The Labute approximate surface area is 137 Å². The zero-order chi connectivity index (χ0) is 16.4. The van der Waals surface area contributed by atoms with Crippen molar-refractivity contribution in [2.24, 2.45) is 0 Å². The first-order chi connectivity index (χ1) is 11.0. The van der Waals surface area contributed by atoms with E-state index in [1.807, 2.05) is 36.3 Å². The third-order valence-corrected chi connectivity index (χ3v) is 3.98. The summed E-state index contributed by atoms with van der Waals surface area (Å²) in [6.45, 7) is 9.19. The van der Waals surface area contributed by atoms with Gasteiger partial charge in [-0.15, -0.1) is 0 Å². The predicted octanol–water partition coefficient (Wildman–Crippen LogP) is 3.88. The molecule has 0 radical (unpaired) electrons. The molecule has 0 saturated heterocycles. The van der Waals surface area contributed by atoms with Gasteiger partial charge in [0.25, 0.3) is 0 Å². The summed E-state index contributed by atoms with van der Waals surface area (Å²) in [7, 11) is 0. The molecule has 0 fully saturated rings. The monoisotopic (exact) mass is 309 g/mol. The van der Waals surface area contributed by atoms with E-state index in [0.717, 1.165) is 23.9 Å². The van der Waals surface area contributed by atoms with E-state index in [0.29, 0.717) is 6.04 Å². The molecule has 0 amide bonds. The van der Waals surface area contributed by atoms with Crippen LogP contribution in [0, 0.1) is 13.8 Å². The second kappa shape index (κ2) is 6.28. The van der Waals surface area contributed by atoms with E-state index in [9.17, 15) is 0 Å². The van der Waals surface area contributed by atoms with Crippen LogP contribution in [0.1, 0.15) is 36.7 Å². The molecule has 2 heterocycles. The zero-order valence-electron chi connectivity index (χ0n) is 14.1. The van der Waals surface area contributed by atoms with E-state index in [-0.39, 0.29) is 0 Å². The minimum Gasteiger partial charge on any atom is -0.352 e. The highest BCUT2D eigenvalue weighted by Crippen LogP contribution is 2.17. The fraction of sp³-hybridized carbons (Fsp3) is 0.333. The van der Waals surface area contributed by atoms with Gasteiger partial charge >= 0.3 is 0 Å². The average Bonchev–Trinajstić information content (AvgIpc) is 3.14. The summed E-state index contributed by atoms with van der Waals surface area (Å²) in [6, 6.07) is 8.82. The molecule has 0 atom stereocenters. The second-order valence-electron chi connectivity index (χ2n) is 6.12. The molecule has 3 rings (SSSR count). The van der Waals surface area contributed by atoms with Crippen LogP contribution in [0.15, 0.2) is 42.9 Å². The van der Waals surface area contributed by atoms with Gasteiger partial charge in [-0.2, -0.15) is 5.10 Å². The highest BCUT2D eigenvalue weighted by Gasteiger charge is 2.07. The van der Waals surface area contributed by atoms with Crippen molar-refractivity contribution < 1.29 is 0 Å². The van der Waals surface area contributed by atoms with Crippen molar-refractivity contribution in [1.29, 1.82) is 0 Å². The third kappa shape index (κ3) is 3.28. The number of nitrogens with zero attached hydrogens (tertiary/aromatic N) is 4. The lowest BCUT2D eigenvalue weighted by Gasteiger charge is -2.14. The second-order valence-corrected chi connectivity index (χ2v) is 6.12. The fourth-order valence-electron chi connectivity index (χ4n) is 2.62. The van der Waals surface area contributed by atoms with Gasteiger partial charge in [-0.05, 0) is 57.0 Å². The quantitative estimate of drug-likeness (QED) is 0.778. The van der Waals surface area contributed by atoms with Crippen LogP contribution in [0.4, 0.5) is 5.95 Å². The molecule has 0 spiro atoms. The summed E-state index contributed by atoms with van der Waals surface area (Å²) >= 11 is 0. The molecule has 0 unspecified atom stereocenters. The first-order valence-corrected chi connectivity index (χ1v) is 7.93. The lowest BCUT2D eigenvalue weighted by atomic mass is 10.1. The number of anilines is 1. The van der Waals surface area contributed by atoms with Gasteiger partial charge in [0.05, 0.1) is 11.4 Å². The lowest BCUT2D eigenvalue weighted by Crippen LogP contribution is -2.09. The van der Waals surface area contributed by atoms with Crippen LogP contribution in [0.5, 0.6) is 0 Å². The number of rotatable bonds is 5. The summed E-state index contributed by atoms with van der Waals surface area (Å²) in [6.07, 6.45) is 5.82. The van der Waals surface area contributed by atoms with Crippen molar-refractivity contribution in [3.63, 3.8) is 0 Å². The van der Waals surface area contributed by atoms with Crippen molar-refractivity contribution in [3.05, 3.63) is 59.7 Å². The van der Waals surface area contributed by atoms with Gasteiger partial charge < -0.3 is 9.88 Å². The number of benzene rings is 1. The summed E-state index contributed by atoms with van der Waals surface area (Å²) in [4.78, 5) is 4.39. The normalized spacial score (nSPS) is 11.2. The molecule has 0 saturated carbocycles. The minimum atomic E-state index is 0.395. The highest BCUT2D eigenvalue weighted by atomic mass is 15.3. The minimum absolute atomic E-state index is 0.395. The van der Waals surface area contributed by atoms with Crippen LogP contribution in [0.3, 0.4) is 0 Å². The topological polar surface area (TPSA) is 47.7 Å². The van der Waals surface area contributed by atoms with E-state index in [1.165, 1.54) is 11.1 Å². The van der Waals surface area contributed by atoms with Gasteiger partial charge in [-0.25, -0.2) is 9.67 Å². The Balaban J connectivity index is 1.75. The predicted molar refractivity (Wildman–Crippen MR) is 93.0 cm³/mol. The molecule has 1 aromatic carbocycles. The van der Waals surface area contributed by atoms with E-state index in [4.69, 9.17) is 0 Å². The van der Waals surface area contributed by atoms with Crippen molar-refractivity contribution in [1.82, 2.24) is 19.3 Å². The molecule has 3 aromatic rings. The zero-order valence-corrected chi connectivity index (χ0v) is 14.1. The Hall–Kier alpha value is -2.56. The Morgan fingerprint density at radius 3 is 2.61 bits per heavy atom. The van der Waals surface area contributed by atoms with Gasteiger partial charge in [-0.3, -0.25) is 0 Å².